The lowest BCUT2D eigenvalue weighted by Crippen LogP contribution is -2.20. The van der Waals surface area contributed by atoms with E-state index in [1.807, 2.05) is 32.0 Å². The molecule has 1 aromatic carbocycles. The van der Waals surface area contributed by atoms with Crippen LogP contribution in [0, 0.1) is 18.3 Å². The summed E-state index contributed by atoms with van der Waals surface area (Å²) in [4.78, 5) is 25.6. The fourth-order valence-corrected chi connectivity index (χ4v) is 2.41. The molecule has 26 heavy (non-hydrogen) atoms. The van der Waals surface area contributed by atoms with E-state index in [0.717, 1.165) is 11.1 Å². The van der Waals surface area contributed by atoms with Crippen LogP contribution in [0.5, 0.6) is 0 Å². The Bertz CT molecular complexity index is 962. The SMILES string of the molecule is Cc1cnc(-c2ccccn2)nc1NC(=O)C(C)c1ccc(C#N)cc1. The largest absolute Gasteiger partial charge is 0.310 e. The lowest BCUT2D eigenvalue weighted by molar-refractivity contribution is -0.117. The molecule has 0 radical (unpaired) electrons. The van der Waals surface area contributed by atoms with Gasteiger partial charge in [0.2, 0.25) is 5.91 Å². The molecule has 0 aliphatic carbocycles. The summed E-state index contributed by atoms with van der Waals surface area (Å²) in [5.74, 6) is 0.363. The van der Waals surface area contributed by atoms with Gasteiger partial charge in [-0.2, -0.15) is 5.26 Å². The van der Waals surface area contributed by atoms with E-state index in [1.165, 1.54) is 0 Å². The number of aryl methyl sites for hydroxylation is 1. The van der Waals surface area contributed by atoms with Crippen molar-refractivity contribution in [3.63, 3.8) is 0 Å². The lowest BCUT2D eigenvalue weighted by Gasteiger charge is -2.14. The number of anilines is 1. The van der Waals surface area contributed by atoms with Crippen LogP contribution in [0.1, 0.15) is 29.5 Å². The van der Waals surface area contributed by atoms with Crippen LogP contribution >= 0.6 is 0 Å². The maximum Gasteiger partial charge on any atom is 0.232 e. The molecule has 1 unspecified atom stereocenters. The third kappa shape index (κ3) is 3.73. The van der Waals surface area contributed by atoms with Gasteiger partial charge in [-0.25, -0.2) is 9.97 Å². The molecule has 6 heteroatoms. The molecule has 1 atom stereocenters. The van der Waals surface area contributed by atoms with E-state index in [1.54, 1.807) is 36.7 Å². The van der Waals surface area contributed by atoms with Crippen LogP contribution in [-0.4, -0.2) is 20.9 Å². The van der Waals surface area contributed by atoms with Crippen LogP contribution in [0.15, 0.2) is 54.9 Å². The molecule has 1 N–H and O–H groups in total. The number of amides is 1. The van der Waals surface area contributed by atoms with Crippen molar-refractivity contribution in [1.29, 1.82) is 5.26 Å². The zero-order valence-corrected chi connectivity index (χ0v) is 14.5. The Morgan fingerprint density at radius 1 is 1.15 bits per heavy atom. The number of hydrogen-bond donors (Lipinski definition) is 1. The smallest absolute Gasteiger partial charge is 0.232 e. The number of nitrogens with zero attached hydrogens (tertiary/aromatic N) is 4. The van der Waals surface area contributed by atoms with Crippen LogP contribution < -0.4 is 5.32 Å². The van der Waals surface area contributed by atoms with Gasteiger partial charge >= 0.3 is 0 Å². The number of carbonyl (C=O) groups excluding carboxylic acids is 1. The van der Waals surface area contributed by atoms with E-state index in [4.69, 9.17) is 5.26 Å². The van der Waals surface area contributed by atoms with Gasteiger partial charge in [-0.15, -0.1) is 0 Å². The zero-order valence-electron chi connectivity index (χ0n) is 14.5. The molecular weight excluding hydrogens is 326 g/mol. The first-order chi connectivity index (χ1) is 12.6. The summed E-state index contributed by atoms with van der Waals surface area (Å²) in [6.07, 6.45) is 3.34. The maximum absolute atomic E-state index is 12.6. The van der Waals surface area contributed by atoms with E-state index in [2.05, 4.69) is 26.3 Å². The fourth-order valence-electron chi connectivity index (χ4n) is 2.41. The minimum atomic E-state index is -0.379. The Labute approximate surface area is 151 Å². The predicted molar refractivity (Wildman–Crippen MR) is 98.2 cm³/mol. The van der Waals surface area contributed by atoms with Gasteiger partial charge in [-0.1, -0.05) is 18.2 Å². The van der Waals surface area contributed by atoms with Gasteiger partial charge in [0.15, 0.2) is 5.82 Å². The molecule has 0 aliphatic rings. The summed E-state index contributed by atoms with van der Waals surface area (Å²) in [6, 6.07) is 14.5. The van der Waals surface area contributed by atoms with Gasteiger partial charge in [-0.05, 0) is 43.7 Å². The van der Waals surface area contributed by atoms with Crippen molar-refractivity contribution in [3.05, 3.63) is 71.5 Å². The molecule has 0 saturated carbocycles. The molecule has 0 aliphatic heterocycles. The molecule has 1 amide bonds. The second-order valence-corrected chi connectivity index (χ2v) is 5.88. The summed E-state index contributed by atoms with van der Waals surface area (Å²) >= 11 is 0. The third-order valence-corrected chi connectivity index (χ3v) is 4.04. The summed E-state index contributed by atoms with van der Waals surface area (Å²) < 4.78 is 0. The van der Waals surface area contributed by atoms with Gasteiger partial charge in [0.05, 0.1) is 17.6 Å². The quantitative estimate of drug-likeness (QED) is 0.783. The molecule has 0 spiro atoms. The number of rotatable bonds is 4. The number of carbonyl (C=O) groups is 1. The molecule has 3 aromatic rings. The second-order valence-electron chi connectivity index (χ2n) is 5.88. The first kappa shape index (κ1) is 17.2. The molecule has 2 heterocycles. The summed E-state index contributed by atoms with van der Waals surface area (Å²) in [5, 5.41) is 11.7. The standard InChI is InChI=1S/C20H17N5O/c1-13-12-23-19(17-5-3-4-10-22-17)24-18(13)25-20(26)14(2)16-8-6-15(11-21)7-9-16/h3-10,12,14H,1-2H3,(H,23,24,25,26). The van der Waals surface area contributed by atoms with E-state index >= 15 is 0 Å². The van der Waals surface area contributed by atoms with Crippen molar-refractivity contribution in [2.45, 2.75) is 19.8 Å². The molecule has 3 rings (SSSR count). The Kier molecular flexibility index (Phi) is 4.99. The topological polar surface area (TPSA) is 91.6 Å². The van der Waals surface area contributed by atoms with Crippen molar-refractivity contribution >= 4 is 11.7 Å². The van der Waals surface area contributed by atoms with E-state index in [0.29, 0.717) is 22.9 Å². The summed E-state index contributed by atoms with van der Waals surface area (Å²) in [6.45, 7) is 3.65. The van der Waals surface area contributed by atoms with Crippen LogP contribution in [0.25, 0.3) is 11.5 Å². The monoisotopic (exact) mass is 343 g/mol. The molecule has 2 aromatic heterocycles. The van der Waals surface area contributed by atoms with Gasteiger partial charge in [0.25, 0.3) is 0 Å². The van der Waals surface area contributed by atoms with Crippen LogP contribution in [-0.2, 0) is 4.79 Å². The molecule has 0 saturated heterocycles. The molecule has 128 valence electrons. The Morgan fingerprint density at radius 2 is 1.92 bits per heavy atom. The number of hydrogen-bond acceptors (Lipinski definition) is 5. The summed E-state index contributed by atoms with van der Waals surface area (Å²) in [5.41, 5.74) is 2.80. The highest BCUT2D eigenvalue weighted by Gasteiger charge is 2.17. The molecular formula is C20H17N5O. The molecule has 0 fully saturated rings. The summed E-state index contributed by atoms with van der Waals surface area (Å²) in [7, 11) is 0. The second kappa shape index (κ2) is 7.53. The third-order valence-electron chi connectivity index (χ3n) is 4.04. The average molecular weight is 343 g/mol. The van der Waals surface area contributed by atoms with E-state index in [-0.39, 0.29) is 11.8 Å². The van der Waals surface area contributed by atoms with Crippen molar-refractivity contribution in [3.8, 4) is 17.6 Å². The Balaban J connectivity index is 1.81. The van der Waals surface area contributed by atoms with Crippen LogP contribution in [0.2, 0.25) is 0 Å². The van der Waals surface area contributed by atoms with Crippen molar-refractivity contribution < 1.29 is 4.79 Å². The zero-order chi connectivity index (χ0) is 18.5. The Morgan fingerprint density at radius 3 is 2.58 bits per heavy atom. The highest BCUT2D eigenvalue weighted by molar-refractivity contribution is 5.95. The number of aromatic nitrogens is 3. The highest BCUT2D eigenvalue weighted by Crippen LogP contribution is 2.21. The first-order valence-electron chi connectivity index (χ1n) is 8.14. The van der Waals surface area contributed by atoms with Crippen molar-refractivity contribution in [2.75, 3.05) is 5.32 Å². The van der Waals surface area contributed by atoms with Gasteiger partial charge in [0.1, 0.15) is 11.5 Å². The maximum atomic E-state index is 12.6. The van der Waals surface area contributed by atoms with Crippen LogP contribution in [0.3, 0.4) is 0 Å². The number of nitrogens with one attached hydrogen (secondary N) is 1. The fraction of sp³-hybridized carbons (Fsp3) is 0.150. The minimum Gasteiger partial charge on any atom is -0.310 e. The van der Waals surface area contributed by atoms with Crippen molar-refractivity contribution in [1.82, 2.24) is 15.0 Å². The molecule has 0 bridgehead atoms. The highest BCUT2D eigenvalue weighted by atomic mass is 16.1. The van der Waals surface area contributed by atoms with Gasteiger partial charge < -0.3 is 5.32 Å². The molecule has 6 nitrogen and oxygen atoms in total. The average Bonchev–Trinajstić information content (AvgIpc) is 2.69. The number of pyridine rings is 1. The van der Waals surface area contributed by atoms with E-state index < -0.39 is 0 Å². The number of benzene rings is 1. The Hall–Kier alpha value is -3.59. The van der Waals surface area contributed by atoms with Crippen molar-refractivity contribution in [2.24, 2.45) is 0 Å². The number of nitriles is 1. The predicted octanol–water partition coefficient (Wildman–Crippen LogP) is 3.46. The lowest BCUT2D eigenvalue weighted by atomic mass is 9.99. The van der Waals surface area contributed by atoms with E-state index in [9.17, 15) is 4.79 Å². The van der Waals surface area contributed by atoms with Gasteiger partial charge in [0, 0.05) is 18.0 Å². The first-order valence-corrected chi connectivity index (χ1v) is 8.14. The normalized spacial score (nSPS) is 11.4. The van der Waals surface area contributed by atoms with Crippen LogP contribution in [0.4, 0.5) is 5.82 Å². The minimum absolute atomic E-state index is 0.177. The van der Waals surface area contributed by atoms with Gasteiger partial charge in [-0.3, -0.25) is 9.78 Å².